The van der Waals surface area contributed by atoms with Gasteiger partial charge in [-0.15, -0.1) is 0 Å². The van der Waals surface area contributed by atoms with E-state index in [2.05, 4.69) is 23.3 Å². The molecule has 202 valence electrons. The van der Waals surface area contributed by atoms with E-state index < -0.39 is 23.8 Å². The third-order valence-electron chi connectivity index (χ3n) is 5.89. The SMILES string of the molecule is CCCCN(C(=O)C(CS)NC(=O)OC(C)(C)C)C(C(=O)NCc1ccccc1)c1c(C)cccc1C. The topological polar surface area (TPSA) is 87.7 Å². The number of aryl methyl sites for hydroxylation is 2. The Balaban J connectivity index is 2.46. The highest BCUT2D eigenvalue weighted by molar-refractivity contribution is 7.80. The van der Waals surface area contributed by atoms with E-state index in [0.29, 0.717) is 19.5 Å². The Morgan fingerprint density at radius 2 is 1.62 bits per heavy atom. The quantitative estimate of drug-likeness (QED) is 0.354. The van der Waals surface area contributed by atoms with Crippen molar-refractivity contribution >= 4 is 30.5 Å². The normalized spacial score (nSPS) is 12.8. The van der Waals surface area contributed by atoms with Gasteiger partial charge in [0.25, 0.3) is 0 Å². The molecule has 0 heterocycles. The summed E-state index contributed by atoms with van der Waals surface area (Å²) >= 11 is 4.35. The predicted molar refractivity (Wildman–Crippen MR) is 151 cm³/mol. The summed E-state index contributed by atoms with van der Waals surface area (Å²) in [5.41, 5.74) is 2.86. The van der Waals surface area contributed by atoms with Crippen LogP contribution < -0.4 is 10.6 Å². The van der Waals surface area contributed by atoms with E-state index in [4.69, 9.17) is 4.74 Å². The second-order valence-electron chi connectivity index (χ2n) is 10.2. The van der Waals surface area contributed by atoms with Gasteiger partial charge in [0.15, 0.2) is 0 Å². The van der Waals surface area contributed by atoms with Crippen molar-refractivity contribution in [3.8, 4) is 0 Å². The van der Waals surface area contributed by atoms with Crippen LogP contribution in [0.3, 0.4) is 0 Å². The monoisotopic (exact) mass is 527 g/mol. The molecular formula is C29H41N3O4S. The molecule has 3 amide bonds. The van der Waals surface area contributed by atoms with Gasteiger partial charge < -0.3 is 20.3 Å². The molecule has 0 aliphatic carbocycles. The number of nitrogens with zero attached hydrogens (tertiary/aromatic N) is 1. The number of benzene rings is 2. The fourth-order valence-corrected chi connectivity index (χ4v) is 4.35. The zero-order valence-corrected chi connectivity index (χ0v) is 23.7. The fourth-order valence-electron chi connectivity index (χ4n) is 4.10. The van der Waals surface area contributed by atoms with Crippen LogP contribution in [-0.2, 0) is 20.9 Å². The number of unbranched alkanes of at least 4 members (excludes halogenated alkanes) is 1. The Bertz CT molecular complexity index is 1030. The third kappa shape index (κ3) is 9.11. The standard InChI is InChI=1S/C29H41N3O4S/c1-7-8-17-32(27(34)23(19-37)31-28(35)36-29(4,5)6)25(24-20(2)13-12-14-21(24)3)26(33)30-18-22-15-10-9-11-16-22/h9-16,23,25,37H,7-8,17-19H2,1-6H3,(H,30,33)(H,31,35). The van der Waals surface area contributed by atoms with E-state index in [-0.39, 0.29) is 17.6 Å². The zero-order valence-electron chi connectivity index (χ0n) is 22.8. The average molecular weight is 528 g/mol. The van der Waals surface area contributed by atoms with Crippen LogP contribution in [0.25, 0.3) is 0 Å². The second-order valence-corrected chi connectivity index (χ2v) is 10.5. The van der Waals surface area contributed by atoms with Crippen LogP contribution >= 0.6 is 12.6 Å². The molecule has 0 saturated heterocycles. The van der Waals surface area contributed by atoms with Crippen LogP contribution in [0.2, 0.25) is 0 Å². The first-order chi connectivity index (χ1) is 17.5. The summed E-state index contributed by atoms with van der Waals surface area (Å²) < 4.78 is 5.37. The van der Waals surface area contributed by atoms with Crippen LogP contribution in [0.4, 0.5) is 4.79 Å². The lowest BCUT2D eigenvalue weighted by atomic mass is 9.93. The number of alkyl carbamates (subject to hydrolysis) is 1. The van der Waals surface area contributed by atoms with Gasteiger partial charge in [-0.1, -0.05) is 61.9 Å². The molecule has 0 radical (unpaired) electrons. The first-order valence-corrected chi connectivity index (χ1v) is 13.4. The molecule has 0 aromatic heterocycles. The van der Waals surface area contributed by atoms with Gasteiger partial charge in [0.2, 0.25) is 11.8 Å². The van der Waals surface area contributed by atoms with Crippen molar-refractivity contribution < 1.29 is 19.1 Å². The molecule has 0 aliphatic rings. The summed E-state index contributed by atoms with van der Waals surface area (Å²) in [4.78, 5) is 41.8. The Kier molecular flexibility index (Phi) is 11.5. The number of carbonyl (C=O) groups excluding carboxylic acids is 3. The van der Waals surface area contributed by atoms with Crippen molar-refractivity contribution in [1.29, 1.82) is 0 Å². The van der Waals surface area contributed by atoms with Gasteiger partial charge in [-0.05, 0) is 63.3 Å². The average Bonchev–Trinajstić information content (AvgIpc) is 2.84. The number of ether oxygens (including phenoxy) is 1. The van der Waals surface area contributed by atoms with E-state index in [1.54, 1.807) is 25.7 Å². The smallest absolute Gasteiger partial charge is 0.408 e. The molecule has 2 unspecified atom stereocenters. The maximum atomic E-state index is 13.9. The van der Waals surface area contributed by atoms with Crippen molar-refractivity contribution in [2.45, 2.75) is 78.6 Å². The van der Waals surface area contributed by atoms with Crippen molar-refractivity contribution in [3.05, 3.63) is 70.8 Å². The van der Waals surface area contributed by atoms with E-state index in [9.17, 15) is 14.4 Å². The summed E-state index contributed by atoms with van der Waals surface area (Å²) in [5, 5.41) is 5.68. The number of hydrogen-bond donors (Lipinski definition) is 3. The number of amides is 3. The molecule has 2 atom stereocenters. The molecule has 0 bridgehead atoms. The maximum absolute atomic E-state index is 13.9. The van der Waals surface area contributed by atoms with Crippen LogP contribution in [0.15, 0.2) is 48.5 Å². The number of nitrogens with one attached hydrogen (secondary N) is 2. The molecule has 0 spiro atoms. The highest BCUT2D eigenvalue weighted by Crippen LogP contribution is 2.29. The molecule has 2 aromatic carbocycles. The van der Waals surface area contributed by atoms with Gasteiger partial charge in [0.1, 0.15) is 17.7 Å². The van der Waals surface area contributed by atoms with Crippen LogP contribution in [0.5, 0.6) is 0 Å². The van der Waals surface area contributed by atoms with Gasteiger partial charge in [0.05, 0.1) is 0 Å². The number of hydrogen-bond acceptors (Lipinski definition) is 5. The zero-order chi connectivity index (χ0) is 27.6. The lowest BCUT2D eigenvalue weighted by Gasteiger charge is -2.35. The lowest BCUT2D eigenvalue weighted by molar-refractivity contribution is -0.142. The van der Waals surface area contributed by atoms with E-state index in [0.717, 1.165) is 28.7 Å². The summed E-state index contributed by atoms with van der Waals surface area (Å²) in [6.45, 7) is 11.9. The van der Waals surface area contributed by atoms with Crippen molar-refractivity contribution in [2.75, 3.05) is 12.3 Å². The minimum absolute atomic E-state index is 0.0613. The number of thiol groups is 1. The van der Waals surface area contributed by atoms with Gasteiger partial charge in [-0.3, -0.25) is 9.59 Å². The first kappa shape index (κ1) is 30.2. The van der Waals surface area contributed by atoms with E-state index >= 15 is 0 Å². The molecule has 37 heavy (non-hydrogen) atoms. The van der Waals surface area contributed by atoms with Gasteiger partial charge in [-0.25, -0.2) is 4.79 Å². The first-order valence-electron chi connectivity index (χ1n) is 12.8. The highest BCUT2D eigenvalue weighted by Gasteiger charge is 2.36. The van der Waals surface area contributed by atoms with Crippen LogP contribution in [0.1, 0.15) is 68.8 Å². The minimum atomic E-state index is -0.955. The predicted octanol–water partition coefficient (Wildman–Crippen LogP) is 5.11. The van der Waals surface area contributed by atoms with Gasteiger partial charge in [0, 0.05) is 18.8 Å². The molecule has 2 aromatic rings. The van der Waals surface area contributed by atoms with Crippen molar-refractivity contribution in [2.24, 2.45) is 0 Å². The molecule has 2 N–H and O–H groups in total. The third-order valence-corrected chi connectivity index (χ3v) is 6.26. The second kappa shape index (κ2) is 14.1. The highest BCUT2D eigenvalue weighted by atomic mass is 32.1. The maximum Gasteiger partial charge on any atom is 0.408 e. The molecule has 0 aliphatic heterocycles. The summed E-state index contributed by atoms with van der Waals surface area (Å²) in [5.74, 6) is -0.594. The number of rotatable bonds is 11. The summed E-state index contributed by atoms with van der Waals surface area (Å²) in [7, 11) is 0. The minimum Gasteiger partial charge on any atom is -0.444 e. The Morgan fingerprint density at radius 3 is 2.16 bits per heavy atom. The Morgan fingerprint density at radius 1 is 1.00 bits per heavy atom. The molecule has 8 heteroatoms. The summed E-state index contributed by atoms with van der Waals surface area (Å²) in [6.07, 6.45) is 0.831. The molecule has 2 rings (SSSR count). The molecule has 7 nitrogen and oxygen atoms in total. The van der Waals surface area contributed by atoms with Gasteiger partial charge in [-0.2, -0.15) is 12.6 Å². The molecular weight excluding hydrogens is 486 g/mol. The Hall–Kier alpha value is -3.00. The van der Waals surface area contributed by atoms with Crippen molar-refractivity contribution in [3.63, 3.8) is 0 Å². The lowest BCUT2D eigenvalue weighted by Crippen LogP contribution is -2.54. The van der Waals surface area contributed by atoms with Crippen LogP contribution in [0, 0.1) is 13.8 Å². The van der Waals surface area contributed by atoms with Gasteiger partial charge >= 0.3 is 6.09 Å². The van der Waals surface area contributed by atoms with Crippen LogP contribution in [-0.4, -0.2) is 46.7 Å². The summed E-state index contributed by atoms with van der Waals surface area (Å²) in [6, 6.07) is 13.6. The fraction of sp³-hybridized carbons (Fsp3) is 0.483. The molecule has 0 fully saturated rings. The molecule has 0 saturated carbocycles. The van der Waals surface area contributed by atoms with E-state index in [1.165, 1.54) is 0 Å². The Labute approximate surface area is 226 Å². The largest absolute Gasteiger partial charge is 0.444 e. The van der Waals surface area contributed by atoms with E-state index in [1.807, 2.05) is 69.3 Å². The van der Waals surface area contributed by atoms with Crippen molar-refractivity contribution in [1.82, 2.24) is 15.5 Å². The number of carbonyl (C=O) groups is 3.